The minimum atomic E-state index is -5.83. The molecule has 0 unspecified atom stereocenters. The van der Waals surface area contributed by atoms with E-state index in [1.807, 2.05) is 6.92 Å². The average molecular weight is 510 g/mol. The summed E-state index contributed by atoms with van der Waals surface area (Å²) in [5, 5.41) is 20.6. The van der Waals surface area contributed by atoms with Gasteiger partial charge < -0.3 is 14.4 Å². The van der Waals surface area contributed by atoms with Crippen LogP contribution in [0.4, 0.5) is 13.2 Å². The molecule has 0 bridgehead atoms. The summed E-state index contributed by atoms with van der Waals surface area (Å²) in [7, 11) is -9.76. The van der Waals surface area contributed by atoms with Crippen LogP contribution in [0.5, 0.6) is 5.75 Å². The van der Waals surface area contributed by atoms with Crippen molar-refractivity contribution in [3.05, 3.63) is 59.7 Å². The molecule has 0 aromatic heterocycles. The van der Waals surface area contributed by atoms with Gasteiger partial charge in [0.2, 0.25) is 10.0 Å². The van der Waals surface area contributed by atoms with Gasteiger partial charge in [0, 0.05) is 31.5 Å². The van der Waals surface area contributed by atoms with Crippen LogP contribution in [0, 0.1) is 12.8 Å². The van der Waals surface area contributed by atoms with Gasteiger partial charge in [0.25, 0.3) is 0 Å². The Morgan fingerprint density at radius 2 is 1.58 bits per heavy atom. The maximum atomic E-state index is 13.0. The lowest BCUT2D eigenvalue weighted by atomic mass is 9.79. The third kappa shape index (κ3) is 5.32. The highest BCUT2D eigenvalue weighted by Crippen LogP contribution is 2.36. The second kappa shape index (κ2) is 9.22. The van der Waals surface area contributed by atoms with E-state index >= 15 is 0 Å². The van der Waals surface area contributed by atoms with Crippen molar-refractivity contribution in [2.45, 2.75) is 29.3 Å². The fraction of sp³-hybridized carbons (Fsp3) is 0.400. The number of rotatable bonds is 6. The van der Waals surface area contributed by atoms with Crippen molar-refractivity contribution in [1.82, 2.24) is 4.31 Å². The number of hydrogen-bond donors (Lipinski definition) is 2. The predicted octanol–water partition coefficient (Wildman–Crippen LogP) is 1.98. The van der Waals surface area contributed by atoms with E-state index in [2.05, 4.69) is 4.18 Å². The molecule has 3 atom stereocenters. The Morgan fingerprint density at radius 1 is 1.00 bits per heavy atom. The Morgan fingerprint density at radius 3 is 2.09 bits per heavy atom. The third-order valence-electron chi connectivity index (χ3n) is 5.40. The topological polar surface area (TPSA) is 121 Å². The molecule has 2 N–H and O–H groups in total. The van der Waals surface area contributed by atoms with Gasteiger partial charge in [0.05, 0.1) is 11.0 Å². The van der Waals surface area contributed by atoms with Crippen LogP contribution >= 0.6 is 0 Å². The Balaban J connectivity index is 1.81. The highest BCUT2D eigenvalue weighted by atomic mass is 32.2. The van der Waals surface area contributed by atoms with Crippen molar-refractivity contribution >= 4 is 20.1 Å². The molecule has 13 heteroatoms. The van der Waals surface area contributed by atoms with Gasteiger partial charge in [0.1, 0.15) is 5.75 Å². The first kappa shape index (κ1) is 25.4. The number of aryl methyl sites for hydroxylation is 1. The van der Waals surface area contributed by atoms with Gasteiger partial charge in [0.15, 0.2) is 0 Å². The molecule has 8 nitrogen and oxygen atoms in total. The van der Waals surface area contributed by atoms with E-state index in [9.17, 15) is 40.2 Å². The average Bonchev–Trinajstić information content (AvgIpc) is 2.73. The highest BCUT2D eigenvalue weighted by Gasteiger charge is 2.48. The first-order valence-electron chi connectivity index (χ1n) is 9.72. The molecular weight excluding hydrogens is 487 g/mol. The molecule has 1 aliphatic heterocycles. The first-order valence-corrected chi connectivity index (χ1v) is 12.6. The number of aliphatic hydroxyl groups excluding tert-OH is 2. The summed E-state index contributed by atoms with van der Waals surface area (Å²) in [6.45, 7) is 0.970. The van der Waals surface area contributed by atoms with Gasteiger partial charge in [-0.2, -0.15) is 25.9 Å². The Bertz CT molecular complexity index is 1180. The Labute approximate surface area is 189 Å². The van der Waals surface area contributed by atoms with Crippen LogP contribution in [0.3, 0.4) is 0 Å². The number of halogens is 3. The minimum Gasteiger partial charge on any atom is -0.396 e. The van der Waals surface area contributed by atoms with Crippen LogP contribution in [0.15, 0.2) is 53.4 Å². The van der Waals surface area contributed by atoms with Gasteiger partial charge >= 0.3 is 15.6 Å². The molecule has 1 heterocycles. The van der Waals surface area contributed by atoms with E-state index in [0.29, 0.717) is 5.56 Å². The smallest absolute Gasteiger partial charge is 0.396 e. The van der Waals surface area contributed by atoms with Crippen molar-refractivity contribution in [1.29, 1.82) is 0 Å². The number of sulfonamides is 1. The molecule has 33 heavy (non-hydrogen) atoms. The standard InChI is InChI=1S/C20H22F3NO7S2/c1-13-2-8-17(9-3-13)32(27,28)24-10-15(12-25)19(18(26)11-24)14-4-6-16(7-5-14)31-33(29,30)20(21,22)23/h2-9,15,18-19,25-26H,10-12H2,1H3/t15-,18-,19-/m1/s1. The Hall–Kier alpha value is -2.19. The Kier molecular flexibility index (Phi) is 7.10. The molecule has 182 valence electrons. The second-order valence-corrected chi connectivity index (χ2v) is 11.2. The van der Waals surface area contributed by atoms with Gasteiger partial charge in [-0.05, 0) is 36.8 Å². The molecule has 3 rings (SSSR count). The highest BCUT2D eigenvalue weighted by molar-refractivity contribution is 7.89. The van der Waals surface area contributed by atoms with Gasteiger partial charge in [-0.25, -0.2) is 8.42 Å². The normalized spacial score (nSPS) is 22.8. The first-order chi connectivity index (χ1) is 15.3. The number of piperidine rings is 1. The number of nitrogens with zero attached hydrogens (tertiary/aromatic N) is 1. The van der Waals surface area contributed by atoms with E-state index in [1.165, 1.54) is 24.3 Å². The number of hydrogen-bond acceptors (Lipinski definition) is 7. The lowest BCUT2D eigenvalue weighted by molar-refractivity contribution is -0.0500. The zero-order valence-electron chi connectivity index (χ0n) is 17.3. The molecule has 1 aliphatic rings. The monoisotopic (exact) mass is 509 g/mol. The van der Waals surface area contributed by atoms with Gasteiger partial charge in [-0.3, -0.25) is 0 Å². The molecule has 2 aromatic rings. The van der Waals surface area contributed by atoms with Gasteiger partial charge in [-0.15, -0.1) is 0 Å². The quantitative estimate of drug-likeness (QED) is 0.451. The van der Waals surface area contributed by atoms with Crippen molar-refractivity contribution < 1.29 is 44.4 Å². The summed E-state index contributed by atoms with van der Waals surface area (Å²) >= 11 is 0. The molecule has 0 saturated carbocycles. The summed E-state index contributed by atoms with van der Waals surface area (Å²) in [4.78, 5) is 0.0443. The molecule has 1 fully saturated rings. The third-order valence-corrected chi connectivity index (χ3v) is 8.22. The second-order valence-electron chi connectivity index (χ2n) is 7.72. The molecule has 0 aliphatic carbocycles. The molecule has 0 radical (unpaired) electrons. The van der Waals surface area contributed by atoms with E-state index < -0.39 is 55.9 Å². The summed E-state index contributed by atoms with van der Waals surface area (Å²) in [5.41, 5.74) is -4.33. The lowest BCUT2D eigenvalue weighted by Gasteiger charge is -2.40. The molecule has 0 amide bonds. The van der Waals surface area contributed by atoms with Crippen molar-refractivity contribution in [2.75, 3.05) is 19.7 Å². The SMILES string of the molecule is Cc1ccc(S(=O)(=O)N2C[C@H](CO)[C@@H](c3ccc(OS(=O)(=O)C(F)(F)F)cc3)[C@H](O)C2)cc1. The molecule has 0 spiro atoms. The van der Waals surface area contributed by atoms with E-state index in [4.69, 9.17) is 0 Å². The van der Waals surface area contributed by atoms with E-state index in [-0.39, 0.29) is 18.0 Å². The van der Waals surface area contributed by atoms with Crippen molar-refractivity contribution in [3.63, 3.8) is 0 Å². The van der Waals surface area contributed by atoms with Gasteiger partial charge in [-0.1, -0.05) is 29.8 Å². The summed E-state index contributed by atoms with van der Waals surface area (Å²) in [6, 6.07) is 10.7. The van der Waals surface area contributed by atoms with Crippen LogP contribution < -0.4 is 4.18 Å². The van der Waals surface area contributed by atoms with Crippen LogP contribution in [-0.4, -0.2) is 62.7 Å². The fourth-order valence-electron chi connectivity index (χ4n) is 3.73. The fourth-order valence-corrected chi connectivity index (χ4v) is 5.70. The minimum absolute atomic E-state index is 0.0443. The predicted molar refractivity (Wildman–Crippen MR) is 111 cm³/mol. The number of aliphatic hydroxyl groups is 2. The number of β-amino-alcohol motifs (C(OH)–C–C–N with tert-alkyl or cyclic N) is 1. The lowest BCUT2D eigenvalue weighted by Crippen LogP contribution is -2.51. The maximum Gasteiger partial charge on any atom is 0.534 e. The van der Waals surface area contributed by atoms with E-state index in [0.717, 1.165) is 22.0 Å². The largest absolute Gasteiger partial charge is 0.534 e. The van der Waals surface area contributed by atoms with Crippen molar-refractivity contribution in [2.24, 2.45) is 5.92 Å². The van der Waals surface area contributed by atoms with Crippen LogP contribution in [0.2, 0.25) is 0 Å². The number of alkyl halides is 3. The summed E-state index contributed by atoms with van der Waals surface area (Å²) in [5.74, 6) is -2.04. The summed E-state index contributed by atoms with van der Waals surface area (Å²) in [6.07, 6.45) is -1.23. The number of benzene rings is 2. The zero-order chi connectivity index (χ0) is 24.6. The van der Waals surface area contributed by atoms with Crippen LogP contribution in [-0.2, 0) is 20.1 Å². The van der Waals surface area contributed by atoms with Crippen LogP contribution in [0.25, 0.3) is 0 Å². The van der Waals surface area contributed by atoms with Crippen LogP contribution in [0.1, 0.15) is 17.0 Å². The maximum absolute atomic E-state index is 13.0. The summed E-state index contributed by atoms with van der Waals surface area (Å²) < 4.78 is 90.8. The van der Waals surface area contributed by atoms with Crippen molar-refractivity contribution in [3.8, 4) is 5.75 Å². The zero-order valence-corrected chi connectivity index (χ0v) is 18.9. The molecular formula is C20H22F3NO7S2. The molecule has 2 aromatic carbocycles. The molecule has 1 saturated heterocycles. The van der Waals surface area contributed by atoms with E-state index in [1.54, 1.807) is 12.1 Å².